The predicted molar refractivity (Wildman–Crippen MR) is 218 cm³/mol. The van der Waals surface area contributed by atoms with Crippen molar-refractivity contribution in [1.29, 1.82) is 0 Å². The molecule has 0 unspecified atom stereocenters. The Morgan fingerprint density at radius 2 is 0.431 bits per heavy atom. The highest BCUT2D eigenvalue weighted by Crippen LogP contribution is 2.36. The minimum Gasteiger partial charge on any atom is -0.399 e. The molecule has 0 aliphatic carbocycles. The van der Waals surface area contributed by atoms with Crippen LogP contribution in [0.3, 0.4) is 0 Å². The second-order valence-electron chi connectivity index (χ2n) is 12.1. The SMILES string of the molecule is Nc1ccc(-c2ccc(N(c3ccccc3)c3ccccc3)cc2)cc1.c1ccc(-c2ccc(N(c3ccccc3)c3ccccc3)cc2)cc1. The summed E-state index contributed by atoms with van der Waals surface area (Å²) in [5.74, 6) is 0. The highest BCUT2D eigenvalue weighted by molar-refractivity contribution is 5.79. The Morgan fingerprint density at radius 3 is 0.725 bits per heavy atom. The van der Waals surface area contributed by atoms with Crippen molar-refractivity contribution in [2.24, 2.45) is 0 Å². The van der Waals surface area contributed by atoms with Crippen molar-refractivity contribution in [2.45, 2.75) is 0 Å². The van der Waals surface area contributed by atoms with E-state index in [4.69, 9.17) is 5.73 Å². The lowest BCUT2D eigenvalue weighted by Crippen LogP contribution is -2.09. The van der Waals surface area contributed by atoms with E-state index >= 15 is 0 Å². The fourth-order valence-electron chi connectivity index (χ4n) is 6.11. The number of rotatable bonds is 8. The third kappa shape index (κ3) is 8.07. The molecule has 0 aromatic heterocycles. The summed E-state index contributed by atoms with van der Waals surface area (Å²) >= 11 is 0. The van der Waals surface area contributed by atoms with Crippen LogP contribution >= 0.6 is 0 Å². The average Bonchev–Trinajstić information content (AvgIpc) is 3.21. The van der Waals surface area contributed by atoms with Crippen molar-refractivity contribution in [3.63, 3.8) is 0 Å². The molecule has 8 rings (SSSR count). The number of benzene rings is 8. The van der Waals surface area contributed by atoms with Gasteiger partial charge in [-0.05, 0) is 107 Å². The lowest BCUT2D eigenvalue weighted by atomic mass is 10.0. The topological polar surface area (TPSA) is 32.5 Å². The molecule has 0 bridgehead atoms. The first-order chi connectivity index (χ1) is 25.2. The zero-order valence-corrected chi connectivity index (χ0v) is 28.3. The number of nitrogens with zero attached hydrogens (tertiary/aromatic N) is 2. The molecular weight excluding hydrogens is 619 g/mol. The third-order valence-corrected chi connectivity index (χ3v) is 8.66. The zero-order valence-electron chi connectivity index (χ0n) is 28.3. The van der Waals surface area contributed by atoms with E-state index in [-0.39, 0.29) is 0 Å². The quantitative estimate of drug-likeness (QED) is 0.165. The molecule has 0 spiro atoms. The summed E-state index contributed by atoms with van der Waals surface area (Å²) in [7, 11) is 0. The number of para-hydroxylation sites is 4. The van der Waals surface area contributed by atoms with Crippen molar-refractivity contribution >= 4 is 39.8 Å². The molecule has 8 aromatic carbocycles. The van der Waals surface area contributed by atoms with Gasteiger partial charge in [0.1, 0.15) is 0 Å². The maximum absolute atomic E-state index is 5.79. The van der Waals surface area contributed by atoms with Gasteiger partial charge in [0.05, 0.1) is 0 Å². The van der Waals surface area contributed by atoms with E-state index in [0.717, 1.165) is 45.4 Å². The van der Waals surface area contributed by atoms with Gasteiger partial charge in [0.15, 0.2) is 0 Å². The monoisotopic (exact) mass is 657 g/mol. The summed E-state index contributed by atoms with van der Waals surface area (Å²) in [4.78, 5) is 4.53. The normalized spacial score (nSPS) is 10.4. The van der Waals surface area contributed by atoms with Gasteiger partial charge < -0.3 is 15.5 Å². The summed E-state index contributed by atoms with van der Waals surface area (Å²) in [5.41, 5.74) is 18.2. The maximum atomic E-state index is 5.79. The zero-order chi connectivity index (χ0) is 34.7. The Morgan fingerprint density at radius 1 is 0.216 bits per heavy atom. The molecule has 0 heterocycles. The molecule has 3 nitrogen and oxygen atoms in total. The first-order valence-corrected chi connectivity index (χ1v) is 17.1. The van der Waals surface area contributed by atoms with E-state index in [2.05, 4.69) is 192 Å². The minimum absolute atomic E-state index is 0.782. The second kappa shape index (κ2) is 16.0. The van der Waals surface area contributed by atoms with E-state index < -0.39 is 0 Å². The number of hydrogen-bond donors (Lipinski definition) is 1. The van der Waals surface area contributed by atoms with Crippen molar-refractivity contribution in [1.82, 2.24) is 0 Å². The fraction of sp³-hybridized carbons (Fsp3) is 0. The van der Waals surface area contributed by atoms with Gasteiger partial charge in [0.2, 0.25) is 0 Å². The molecule has 246 valence electrons. The lowest BCUT2D eigenvalue weighted by molar-refractivity contribution is 1.28. The van der Waals surface area contributed by atoms with Gasteiger partial charge in [-0.2, -0.15) is 0 Å². The van der Waals surface area contributed by atoms with Crippen LogP contribution in [0.15, 0.2) is 224 Å². The maximum Gasteiger partial charge on any atom is 0.0462 e. The van der Waals surface area contributed by atoms with Gasteiger partial charge in [-0.15, -0.1) is 0 Å². The Labute approximate surface area is 301 Å². The number of hydrogen-bond acceptors (Lipinski definition) is 3. The largest absolute Gasteiger partial charge is 0.399 e. The Bertz CT molecular complexity index is 2130. The van der Waals surface area contributed by atoms with Gasteiger partial charge in [0.25, 0.3) is 0 Å². The molecule has 0 aliphatic heterocycles. The average molecular weight is 658 g/mol. The molecule has 3 heteroatoms. The highest BCUT2D eigenvalue weighted by Gasteiger charge is 2.13. The van der Waals surface area contributed by atoms with Crippen LogP contribution in [-0.2, 0) is 0 Å². The molecule has 51 heavy (non-hydrogen) atoms. The van der Waals surface area contributed by atoms with E-state index in [0.29, 0.717) is 0 Å². The van der Waals surface area contributed by atoms with Crippen LogP contribution in [0, 0.1) is 0 Å². The Hall–Kier alpha value is -6.84. The van der Waals surface area contributed by atoms with Crippen LogP contribution in [-0.4, -0.2) is 0 Å². The molecule has 0 aliphatic rings. The van der Waals surface area contributed by atoms with Crippen LogP contribution in [0.2, 0.25) is 0 Å². The van der Waals surface area contributed by atoms with Crippen LogP contribution in [0.4, 0.5) is 39.8 Å². The van der Waals surface area contributed by atoms with Crippen molar-refractivity contribution in [3.05, 3.63) is 224 Å². The Kier molecular flexibility index (Phi) is 10.3. The second-order valence-corrected chi connectivity index (χ2v) is 12.1. The summed E-state index contributed by atoms with van der Waals surface area (Å²) < 4.78 is 0. The molecule has 0 fully saturated rings. The fourth-order valence-corrected chi connectivity index (χ4v) is 6.11. The van der Waals surface area contributed by atoms with Crippen LogP contribution < -0.4 is 15.5 Å². The first kappa shape index (κ1) is 32.7. The van der Waals surface area contributed by atoms with Gasteiger partial charge in [0, 0.05) is 39.8 Å². The smallest absolute Gasteiger partial charge is 0.0462 e. The molecule has 0 saturated heterocycles. The summed E-state index contributed by atoms with van der Waals surface area (Å²) in [6, 6.07) is 77.6. The molecule has 0 radical (unpaired) electrons. The van der Waals surface area contributed by atoms with Crippen molar-refractivity contribution < 1.29 is 0 Å². The van der Waals surface area contributed by atoms with Crippen molar-refractivity contribution in [3.8, 4) is 22.3 Å². The van der Waals surface area contributed by atoms with E-state index in [9.17, 15) is 0 Å². The number of anilines is 7. The van der Waals surface area contributed by atoms with Gasteiger partial charge in [-0.25, -0.2) is 0 Å². The van der Waals surface area contributed by atoms with Crippen LogP contribution in [0.25, 0.3) is 22.3 Å². The van der Waals surface area contributed by atoms with Crippen LogP contribution in [0.5, 0.6) is 0 Å². The van der Waals surface area contributed by atoms with E-state index in [1.807, 2.05) is 42.5 Å². The molecule has 0 atom stereocenters. The van der Waals surface area contributed by atoms with Crippen LogP contribution in [0.1, 0.15) is 0 Å². The van der Waals surface area contributed by atoms with E-state index in [1.54, 1.807) is 0 Å². The third-order valence-electron chi connectivity index (χ3n) is 8.66. The van der Waals surface area contributed by atoms with Gasteiger partial charge in [-0.1, -0.05) is 140 Å². The molecule has 2 N–H and O–H groups in total. The first-order valence-electron chi connectivity index (χ1n) is 17.1. The number of nitrogen functional groups attached to an aromatic ring is 1. The van der Waals surface area contributed by atoms with E-state index in [1.165, 1.54) is 16.7 Å². The van der Waals surface area contributed by atoms with Crippen molar-refractivity contribution in [2.75, 3.05) is 15.5 Å². The summed E-state index contributed by atoms with van der Waals surface area (Å²) in [6.45, 7) is 0. The Balaban J connectivity index is 0.000000159. The van der Waals surface area contributed by atoms with Gasteiger partial charge >= 0.3 is 0 Å². The summed E-state index contributed by atoms with van der Waals surface area (Å²) in [5, 5.41) is 0. The highest BCUT2D eigenvalue weighted by atomic mass is 15.1. The minimum atomic E-state index is 0.782. The molecular formula is C48H39N3. The predicted octanol–water partition coefficient (Wildman–Crippen LogP) is 13.2. The number of nitrogens with two attached hydrogens (primary N) is 1. The molecule has 0 saturated carbocycles. The summed E-state index contributed by atoms with van der Waals surface area (Å²) in [6.07, 6.45) is 0. The molecule has 8 aromatic rings. The standard InChI is InChI=1S/C24H20N2.C24H19N/c25-21-15-11-19(12-16-21)20-13-17-24(18-14-20)26(22-7-3-1-4-8-22)23-9-5-2-6-10-23;1-4-10-20(11-5-1)21-16-18-24(19-17-21)25(22-12-6-2-7-13-22)23-14-8-3-9-15-23/h1-18H,25H2;1-19H. The van der Waals surface area contributed by atoms with Gasteiger partial charge in [-0.3, -0.25) is 0 Å². The molecule has 0 amide bonds. The lowest BCUT2D eigenvalue weighted by Gasteiger charge is -2.25.